The largest absolute Gasteiger partial charge is 0.474 e. The fourth-order valence-electron chi connectivity index (χ4n) is 2.95. The van der Waals surface area contributed by atoms with E-state index in [1.807, 2.05) is 20.8 Å². The lowest BCUT2D eigenvalue weighted by atomic mass is 9.96. The van der Waals surface area contributed by atoms with Crippen molar-refractivity contribution < 1.29 is 4.74 Å². The number of aryl methyl sites for hydroxylation is 2. The molecular formula is C15H24N2O. The average molecular weight is 248 g/mol. The van der Waals surface area contributed by atoms with Crippen LogP contribution in [0.25, 0.3) is 0 Å². The molecule has 3 nitrogen and oxygen atoms in total. The quantitative estimate of drug-likeness (QED) is 0.819. The molecule has 3 heteroatoms. The molecule has 1 fully saturated rings. The maximum Gasteiger partial charge on any atom is 0.220 e. The van der Waals surface area contributed by atoms with Crippen molar-refractivity contribution >= 4 is 0 Å². The lowest BCUT2D eigenvalue weighted by Crippen LogP contribution is -2.15. The van der Waals surface area contributed by atoms with Crippen LogP contribution in [0.2, 0.25) is 0 Å². The number of rotatable bonds is 3. The summed E-state index contributed by atoms with van der Waals surface area (Å²) in [4.78, 5) is 8.80. The first kappa shape index (κ1) is 13.3. The summed E-state index contributed by atoms with van der Waals surface area (Å²) in [7, 11) is 0. The number of hydrogen-bond donors (Lipinski definition) is 0. The van der Waals surface area contributed by atoms with Gasteiger partial charge in [0.2, 0.25) is 5.88 Å². The van der Waals surface area contributed by atoms with E-state index in [-0.39, 0.29) is 0 Å². The Labute approximate surface area is 110 Å². The van der Waals surface area contributed by atoms with Gasteiger partial charge >= 0.3 is 0 Å². The van der Waals surface area contributed by atoms with Gasteiger partial charge < -0.3 is 4.74 Å². The van der Waals surface area contributed by atoms with E-state index in [1.165, 1.54) is 12.8 Å². The summed E-state index contributed by atoms with van der Waals surface area (Å²) < 4.78 is 6.12. The minimum atomic E-state index is 0.331. The normalized spacial score (nSPS) is 27.5. The van der Waals surface area contributed by atoms with Gasteiger partial charge in [0.1, 0.15) is 11.9 Å². The Balaban J connectivity index is 2.11. The number of aromatic nitrogens is 2. The summed E-state index contributed by atoms with van der Waals surface area (Å²) in [5.74, 6) is 3.16. The molecule has 100 valence electrons. The van der Waals surface area contributed by atoms with Crippen LogP contribution in [0.1, 0.15) is 50.2 Å². The molecule has 0 unspecified atom stereocenters. The Bertz CT molecular complexity index is 431. The number of hydrogen-bond acceptors (Lipinski definition) is 3. The van der Waals surface area contributed by atoms with Crippen LogP contribution in [0.4, 0.5) is 0 Å². The van der Waals surface area contributed by atoms with Crippen LogP contribution >= 0.6 is 0 Å². The SMILES string of the molecule is CC[C@@H]1C[C@@H](Oc2nc(C)nc(C)c2C)C[C@@H]1C. The zero-order valence-electron chi connectivity index (χ0n) is 12.2. The van der Waals surface area contributed by atoms with Crippen molar-refractivity contribution in [3.63, 3.8) is 0 Å². The Kier molecular flexibility index (Phi) is 3.88. The second-order valence-corrected chi connectivity index (χ2v) is 5.64. The summed E-state index contributed by atoms with van der Waals surface area (Å²) in [6, 6.07) is 0. The van der Waals surface area contributed by atoms with E-state index in [2.05, 4.69) is 23.8 Å². The Morgan fingerprint density at radius 3 is 2.50 bits per heavy atom. The van der Waals surface area contributed by atoms with E-state index < -0.39 is 0 Å². The highest BCUT2D eigenvalue weighted by Crippen LogP contribution is 2.36. The highest BCUT2D eigenvalue weighted by Gasteiger charge is 2.31. The monoisotopic (exact) mass is 248 g/mol. The minimum Gasteiger partial charge on any atom is -0.474 e. The van der Waals surface area contributed by atoms with E-state index in [0.29, 0.717) is 6.10 Å². The molecule has 1 aromatic rings. The van der Waals surface area contributed by atoms with Crippen molar-refractivity contribution in [3.8, 4) is 5.88 Å². The van der Waals surface area contributed by atoms with Crippen LogP contribution in [-0.4, -0.2) is 16.1 Å². The first-order chi connectivity index (χ1) is 8.51. The van der Waals surface area contributed by atoms with Gasteiger partial charge in [0, 0.05) is 11.3 Å². The molecule has 1 aromatic heterocycles. The molecule has 0 aliphatic heterocycles. The van der Waals surface area contributed by atoms with Gasteiger partial charge in [-0.1, -0.05) is 20.3 Å². The van der Waals surface area contributed by atoms with E-state index in [9.17, 15) is 0 Å². The van der Waals surface area contributed by atoms with Crippen molar-refractivity contribution in [1.29, 1.82) is 0 Å². The molecule has 18 heavy (non-hydrogen) atoms. The van der Waals surface area contributed by atoms with Gasteiger partial charge in [0.15, 0.2) is 0 Å². The van der Waals surface area contributed by atoms with Crippen LogP contribution in [0.3, 0.4) is 0 Å². The van der Waals surface area contributed by atoms with E-state index in [0.717, 1.165) is 41.2 Å². The molecule has 1 heterocycles. The zero-order chi connectivity index (χ0) is 13.3. The molecule has 0 N–H and O–H groups in total. The van der Waals surface area contributed by atoms with E-state index >= 15 is 0 Å². The summed E-state index contributed by atoms with van der Waals surface area (Å²) in [6.45, 7) is 10.6. The third-order valence-corrected chi connectivity index (χ3v) is 4.26. The maximum atomic E-state index is 6.12. The second-order valence-electron chi connectivity index (χ2n) is 5.64. The van der Waals surface area contributed by atoms with Gasteiger partial charge in [-0.3, -0.25) is 0 Å². The predicted molar refractivity (Wildman–Crippen MR) is 72.8 cm³/mol. The van der Waals surface area contributed by atoms with Crippen molar-refractivity contribution in [2.45, 2.75) is 60.0 Å². The average Bonchev–Trinajstić information content (AvgIpc) is 2.65. The Hall–Kier alpha value is -1.12. The molecule has 0 bridgehead atoms. The molecule has 0 spiro atoms. The molecule has 1 aliphatic rings. The topological polar surface area (TPSA) is 35.0 Å². The molecule has 1 aliphatic carbocycles. The molecule has 2 rings (SSSR count). The molecule has 1 saturated carbocycles. The third-order valence-electron chi connectivity index (χ3n) is 4.26. The van der Waals surface area contributed by atoms with Gasteiger partial charge in [0.05, 0.1) is 0 Å². The van der Waals surface area contributed by atoms with Crippen molar-refractivity contribution in [2.75, 3.05) is 0 Å². The summed E-state index contributed by atoms with van der Waals surface area (Å²) in [5, 5.41) is 0. The van der Waals surface area contributed by atoms with E-state index in [1.54, 1.807) is 0 Å². The molecule has 0 radical (unpaired) electrons. The standard InChI is InChI=1S/C15H24N2O/c1-6-13-8-14(7-9(13)2)18-15-10(3)11(4)16-12(5)17-15/h9,13-14H,6-8H2,1-5H3/t9-,13+,14-/m0/s1. The Morgan fingerprint density at radius 2 is 1.89 bits per heavy atom. The third kappa shape index (κ3) is 2.65. The van der Waals surface area contributed by atoms with Gasteiger partial charge in [0.25, 0.3) is 0 Å². The molecule has 0 aromatic carbocycles. The molecule has 3 atom stereocenters. The lowest BCUT2D eigenvalue weighted by molar-refractivity contribution is 0.191. The van der Waals surface area contributed by atoms with Crippen LogP contribution in [-0.2, 0) is 0 Å². The fraction of sp³-hybridized carbons (Fsp3) is 0.733. The summed E-state index contributed by atoms with van der Waals surface area (Å²) >= 11 is 0. The predicted octanol–water partition coefficient (Wildman–Crippen LogP) is 3.61. The molecule has 0 saturated heterocycles. The summed E-state index contributed by atoms with van der Waals surface area (Å²) in [5.41, 5.74) is 2.10. The van der Waals surface area contributed by atoms with Gasteiger partial charge in [-0.25, -0.2) is 4.98 Å². The van der Waals surface area contributed by atoms with Crippen LogP contribution < -0.4 is 4.74 Å². The summed E-state index contributed by atoms with van der Waals surface area (Å²) in [6.07, 6.45) is 3.90. The van der Waals surface area contributed by atoms with Crippen molar-refractivity contribution in [1.82, 2.24) is 9.97 Å². The fourth-order valence-corrected chi connectivity index (χ4v) is 2.95. The molecule has 0 amide bonds. The maximum absolute atomic E-state index is 6.12. The first-order valence-electron chi connectivity index (χ1n) is 6.99. The zero-order valence-corrected chi connectivity index (χ0v) is 12.2. The van der Waals surface area contributed by atoms with Gasteiger partial charge in [-0.05, 0) is 45.4 Å². The first-order valence-corrected chi connectivity index (χ1v) is 6.99. The highest BCUT2D eigenvalue weighted by atomic mass is 16.5. The van der Waals surface area contributed by atoms with Gasteiger partial charge in [-0.15, -0.1) is 0 Å². The van der Waals surface area contributed by atoms with Crippen LogP contribution in [0.15, 0.2) is 0 Å². The minimum absolute atomic E-state index is 0.331. The smallest absolute Gasteiger partial charge is 0.220 e. The second kappa shape index (κ2) is 5.25. The van der Waals surface area contributed by atoms with Crippen LogP contribution in [0, 0.1) is 32.6 Å². The lowest BCUT2D eigenvalue weighted by Gasteiger charge is -2.16. The number of ether oxygens (including phenoxy) is 1. The van der Waals surface area contributed by atoms with Crippen molar-refractivity contribution in [2.24, 2.45) is 11.8 Å². The molecular weight excluding hydrogens is 224 g/mol. The van der Waals surface area contributed by atoms with Crippen molar-refractivity contribution in [3.05, 3.63) is 17.1 Å². The van der Waals surface area contributed by atoms with E-state index in [4.69, 9.17) is 4.74 Å². The Morgan fingerprint density at radius 1 is 1.17 bits per heavy atom. The highest BCUT2D eigenvalue weighted by molar-refractivity contribution is 5.28. The van der Waals surface area contributed by atoms with Gasteiger partial charge in [-0.2, -0.15) is 4.98 Å². The number of nitrogens with zero attached hydrogens (tertiary/aromatic N) is 2. The van der Waals surface area contributed by atoms with Crippen LogP contribution in [0.5, 0.6) is 5.88 Å².